The number of amides is 1. The fourth-order valence-corrected chi connectivity index (χ4v) is 3.14. The number of nitrogens with one attached hydrogen (secondary N) is 1. The number of nitrogens with zero attached hydrogens (tertiary/aromatic N) is 1. The summed E-state index contributed by atoms with van der Waals surface area (Å²) in [6.07, 6.45) is 4.06. The van der Waals surface area contributed by atoms with Crippen LogP contribution < -0.4 is 5.32 Å². The molecular formula is C18H20N2O4. The van der Waals surface area contributed by atoms with Gasteiger partial charge in [-0.1, -0.05) is 54.8 Å². The molecule has 0 spiro atoms. The van der Waals surface area contributed by atoms with Crippen LogP contribution in [-0.4, -0.2) is 28.2 Å². The van der Waals surface area contributed by atoms with Crippen molar-refractivity contribution in [2.75, 3.05) is 0 Å². The average Bonchev–Trinajstić information content (AvgIpc) is 2.97. The third kappa shape index (κ3) is 3.64. The highest BCUT2D eigenvalue weighted by Crippen LogP contribution is 2.25. The molecule has 2 atom stereocenters. The Morgan fingerprint density at radius 2 is 1.88 bits per heavy atom. The van der Waals surface area contributed by atoms with E-state index in [1.807, 2.05) is 30.3 Å². The number of carbonyl (C=O) groups excluding carboxylic acids is 1. The minimum absolute atomic E-state index is 0.169. The molecule has 1 aliphatic carbocycles. The molecular weight excluding hydrogens is 308 g/mol. The van der Waals surface area contributed by atoms with Gasteiger partial charge in [0.2, 0.25) is 0 Å². The number of aromatic nitrogens is 1. The number of carboxylic acid groups (broad SMARTS) is 1. The van der Waals surface area contributed by atoms with Crippen LogP contribution in [0.15, 0.2) is 40.9 Å². The first kappa shape index (κ1) is 16.2. The Balaban J connectivity index is 1.72. The van der Waals surface area contributed by atoms with Crippen LogP contribution in [0.25, 0.3) is 11.3 Å². The van der Waals surface area contributed by atoms with Crippen LogP contribution in [-0.2, 0) is 4.79 Å². The molecule has 2 N–H and O–H groups in total. The number of rotatable bonds is 4. The summed E-state index contributed by atoms with van der Waals surface area (Å²) in [6, 6.07) is 10.6. The molecule has 1 amide bonds. The molecule has 1 aliphatic rings. The lowest BCUT2D eigenvalue weighted by atomic mass is 9.95. The molecule has 1 aromatic carbocycles. The molecule has 6 heteroatoms. The van der Waals surface area contributed by atoms with E-state index in [9.17, 15) is 14.7 Å². The third-order valence-electron chi connectivity index (χ3n) is 4.45. The van der Waals surface area contributed by atoms with Gasteiger partial charge in [-0.15, -0.1) is 0 Å². The summed E-state index contributed by atoms with van der Waals surface area (Å²) in [6.45, 7) is 0. The number of carbonyl (C=O) groups is 2. The third-order valence-corrected chi connectivity index (χ3v) is 4.45. The molecule has 1 aromatic heterocycles. The molecule has 2 aromatic rings. The summed E-state index contributed by atoms with van der Waals surface area (Å²) < 4.78 is 5.23. The van der Waals surface area contributed by atoms with E-state index in [2.05, 4.69) is 10.5 Å². The normalized spacial score (nSPS) is 21.0. The highest BCUT2D eigenvalue weighted by Gasteiger charge is 2.31. The van der Waals surface area contributed by atoms with Crippen molar-refractivity contribution in [1.29, 1.82) is 0 Å². The first-order valence-electron chi connectivity index (χ1n) is 8.21. The van der Waals surface area contributed by atoms with Crippen molar-refractivity contribution in [3.63, 3.8) is 0 Å². The van der Waals surface area contributed by atoms with Crippen molar-refractivity contribution in [1.82, 2.24) is 10.5 Å². The lowest BCUT2D eigenvalue weighted by molar-refractivity contribution is -0.142. The van der Waals surface area contributed by atoms with Gasteiger partial charge in [-0.2, -0.15) is 0 Å². The lowest BCUT2D eigenvalue weighted by Crippen LogP contribution is -2.42. The minimum atomic E-state index is -0.854. The highest BCUT2D eigenvalue weighted by atomic mass is 16.5. The largest absolute Gasteiger partial charge is 0.481 e. The van der Waals surface area contributed by atoms with Gasteiger partial charge < -0.3 is 14.9 Å². The van der Waals surface area contributed by atoms with Crippen molar-refractivity contribution in [3.8, 4) is 11.3 Å². The smallest absolute Gasteiger partial charge is 0.308 e. The predicted octanol–water partition coefficient (Wildman–Crippen LogP) is 3.10. The van der Waals surface area contributed by atoms with Crippen molar-refractivity contribution >= 4 is 11.9 Å². The van der Waals surface area contributed by atoms with E-state index in [0.717, 1.165) is 24.8 Å². The average molecular weight is 328 g/mol. The zero-order valence-electron chi connectivity index (χ0n) is 13.3. The molecule has 1 saturated carbocycles. The fraction of sp³-hybridized carbons (Fsp3) is 0.389. The van der Waals surface area contributed by atoms with Crippen molar-refractivity contribution in [2.24, 2.45) is 5.92 Å². The summed E-state index contributed by atoms with van der Waals surface area (Å²) in [5.74, 6) is -1.28. The Kier molecular flexibility index (Phi) is 4.93. The van der Waals surface area contributed by atoms with E-state index < -0.39 is 11.9 Å². The lowest BCUT2D eigenvalue weighted by Gasteiger charge is -2.22. The van der Waals surface area contributed by atoms with Gasteiger partial charge in [0, 0.05) is 17.7 Å². The van der Waals surface area contributed by atoms with Gasteiger partial charge in [0.05, 0.1) is 5.92 Å². The summed E-state index contributed by atoms with van der Waals surface area (Å²) >= 11 is 0. The minimum Gasteiger partial charge on any atom is -0.481 e. The second-order valence-corrected chi connectivity index (χ2v) is 6.11. The van der Waals surface area contributed by atoms with Crippen LogP contribution >= 0.6 is 0 Å². The molecule has 1 fully saturated rings. The summed E-state index contributed by atoms with van der Waals surface area (Å²) in [4.78, 5) is 23.9. The molecule has 0 aliphatic heterocycles. The molecule has 6 nitrogen and oxygen atoms in total. The maximum atomic E-state index is 12.4. The van der Waals surface area contributed by atoms with E-state index in [4.69, 9.17) is 4.52 Å². The van der Waals surface area contributed by atoms with E-state index in [1.165, 1.54) is 0 Å². The monoisotopic (exact) mass is 328 g/mol. The number of hydrogen-bond donors (Lipinski definition) is 2. The molecule has 24 heavy (non-hydrogen) atoms. The standard InChI is InChI=1S/C18H20N2O4/c21-17(19-14-10-6-2-5-9-13(14)18(22)23)15-11-16(24-20-15)12-7-3-1-4-8-12/h1,3-4,7-8,11,13-14H,2,5-6,9-10H2,(H,19,21)(H,22,23)/t13-,14+/m1/s1. The Bertz CT molecular complexity index is 711. The van der Waals surface area contributed by atoms with Gasteiger partial charge in [0.15, 0.2) is 11.5 Å². The first-order valence-corrected chi connectivity index (χ1v) is 8.21. The molecule has 0 radical (unpaired) electrons. The quantitative estimate of drug-likeness (QED) is 0.841. The Labute approximate surface area is 139 Å². The Hall–Kier alpha value is -2.63. The molecule has 0 saturated heterocycles. The number of benzene rings is 1. The number of aliphatic carboxylic acids is 1. The SMILES string of the molecule is O=C(N[C@H]1CCCCC[C@H]1C(=O)O)c1cc(-c2ccccc2)on1. The van der Waals surface area contributed by atoms with Gasteiger partial charge in [-0.3, -0.25) is 9.59 Å². The maximum absolute atomic E-state index is 12.4. The van der Waals surface area contributed by atoms with Gasteiger partial charge in [0.25, 0.3) is 5.91 Å². The summed E-state index contributed by atoms with van der Waals surface area (Å²) in [5, 5.41) is 16.0. The van der Waals surface area contributed by atoms with Crippen LogP contribution in [0.2, 0.25) is 0 Å². The van der Waals surface area contributed by atoms with Gasteiger partial charge in [-0.05, 0) is 12.8 Å². The second-order valence-electron chi connectivity index (χ2n) is 6.11. The topological polar surface area (TPSA) is 92.4 Å². The van der Waals surface area contributed by atoms with Crippen LogP contribution in [0.3, 0.4) is 0 Å². The maximum Gasteiger partial charge on any atom is 0.308 e. The van der Waals surface area contributed by atoms with E-state index in [0.29, 0.717) is 18.6 Å². The van der Waals surface area contributed by atoms with Gasteiger partial charge in [-0.25, -0.2) is 0 Å². The zero-order chi connectivity index (χ0) is 16.9. The van der Waals surface area contributed by atoms with E-state index in [1.54, 1.807) is 6.07 Å². The molecule has 1 heterocycles. The Morgan fingerprint density at radius 1 is 1.12 bits per heavy atom. The van der Waals surface area contributed by atoms with Gasteiger partial charge >= 0.3 is 5.97 Å². The number of hydrogen-bond acceptors (Lipinski definition) is 4. The summed E-state index contributed by atoms with van der Waals surface area (Å²) in [5.41, 5.74) is 1.00. The second kappa shape index (κ2) is 7.29. The highest BCUT2D eigenvalue weighted by molar-refractivity contribution is 5.93. The van der Waals surface area contributed by atoms with E-state index in [-0.39, 0.29) is 17.6 Å². The molecule has 126 valence electrons. The fourth-order valence-electron chi connectivity index (χ4n) is 3.14. The van der Waals surface area contributed by atoms with Crippen LogP contribution in [0.5, 0.6) is 0 Å². The van der Waals surface area contributed by atoms with Crippen molar-refractivity contribution in [2.45, 2.75) is 38.1 Å². The Morgan fingerprint density at radius 3 is 2.62 bits per heavy atom. The molecule has 0 bridgehead atoms. The summed E-state index contributed by atoms with van der Waals surface area (Å²) in [7, 11) is 0. The first-order chi connectivity index (χ1) is 11.6. The van der Waals surface area contributed by atoms with Crippen molar-refractivity contribution < 1.29 is 19.2 Å². The number of carboxylic acids is 1. The zero-order valence-corrected chi connectivity index (χ0v) is 13.3. The van der Waals surface area contributed by atoms with Crippen LogP contribution in [0.1, 0.15) is 42.6 Å². The van der Waals surface area contributed by atoms with Gasteiger partial charge in [0.1, 0.15) is 0 Å². The molecule has 3 rings (SSSR count). The predicted molar refractivity (Wildman–Crippen MR) is 87.4 cm³/mol. The van der Waals surface area contributed by atoms with Crippen LogP contribution in [0.4, 0.5) is 0 Å². The van der Waals surface area contributed by atoms with Crippen molar-refractivity contribution in [3.05, 3.63) is 42.1 Å². The van der Waals surface area contributed by atoms with E-state index >= 15 is 0 Å². The molecule has 0 unspecified atom stereocenters. The van der Waals surface area contributed by atoms with Crippen LogP contribution in [0, 0.1) is 5.92 Å².